The highest BCUT2D eigenvalue weighted by atomic mass is 16.3. The van der Waals surface area contributed by atoms with E-state index >= 15 is 0 Å². The molecule has 0 spiro atoms. The first-order valence-corrected chi connectivity index (χ1v) is 17.8. The second-order valence-electron chi connectivity index (χ2n) is 14.1. The fourth-order valence-electron chi connectivity index (χ4n) is 8.55. The summed E-state index contributed by atoms with van der Waals surface area (Å²) in [5.74, 6) is 1.77. The quantitative estimate of drug-likeness (QED) is 0.136. The summed E-state index contributed by atoms with van der Waals surface area (Å²) in [4.78, 5) is 0. The number of benzene rings is 10. The molecule has 10 aromatic carbocycles. The number of rotatable bonds is 2. The zero-order valence-corrected chi connectivity index (χ0v) is 28.0. The Morgan fingerprint density at radius 2 is 0.558 bits per heavy atom. The van der Waals surface area contributed by atoms with Crippen LogP contribution in [-0.4, -0.2) is 0 Å². The van der Waals surface area contributed by atoms with Gasteiger partial charge in [0.05, 0.1) is 0 Å². The molecule has 0 aliphatic carbocycles. The molecule has 0 amide bonds. The lowest BCUT2D eigenvalue weighted by Crippen LogP contribution is -1.82. The maximum absolute atomic E-state index is 6.50. The van der Waals surface area contributed by atoms with Crippen LogP contribution in [0.4, 0.5) is 0 Å². The van der Waals surface area contributed by atoms with Gasteiger partial charge in [0, 0.05) is 21.9 Å². The molecule has 2 heteroatoms. The van der Waals surface area contributed by atoms with Crippen LogP contribution in [0.1, 0.15) is 0 Å². The van der Waals surface area contributed by atoms with Gasteiger partial charge in [-0.2, -0.15) is 0 Å². The third-order valence-corrected chi connectivity index (χ3v) is 11.2. The minimum atomic E-state index is 0.883. The van der Waals surface area contributed by atoms with Gasteiger partial charge in [-0.25, -0.2) is 0 Å². The smallest absolute Gasteiger partial charge is 0.135 e. The SMILES string of the molecule is c1ccc2cc3cc(-c4cc5c(ccc6c5ccc5c7ccc8oc(-c9ccc%10cc%11ccccc%11cc%10c9)cc8c7ccc65)o4)ccc3cc2c1. The summed E-state index contributed by atoms with van der Waals surface area (Å²) >= 11 is 0. The van der Waals surface area contributed by atoms with Gasteiger partial charge < -0.3 is 8.83 Å². The van der Waals surface area contributed by atoms with E-state index in [0.717, 1.165) is 44.6 Å². The third-order valence-electron chi connectivity index (χ3n) is 11.2. The molecule has 0 radical (unpaired) electrons. The van der Waals surface area contributed by atoms with E-state index in [4.69, 9.17) is 8.83 Å². The molecule has 0 aliphatic heterocycles. The van der Waals surface area contributed by atoms with Gasteiger partial charge >= 0.3 is 0 Å². The van der Waals surface area contributed by atoms with Crippen molar-refractivity contribution < 1.29 is 8.83 Å². The Morgan fingerprint density at radius 1 is 0.231 bits per heavy atom. The third kappa shape index (κ3) is 4.06. The molecular formula is C50H28O2. The predicted molar refractivity (Wildman–Crippen MR) is 219 cm³/mol. The normalized spacial score (nSPS) is 12.2. The lowest BCUT2D eigenvalue weighted by Gasteiger charge is -2.08. The maximum atomic E-state index is 6.50. The standard InChI is InChI=1S/C50H28O2/c1-3-7-31-23-37-25-35(11-9-33(37)21-29(31)5-1)49-27-45-43-15-13-40-39(41(43)17-19-47(45)51-49)14-16-44-42(40)18-20-48-46(44)28-50(52-48)36-12-10-34-22-30-6-2-4-8-32(30)24-38(34)26-36/h1-28H. The van der Waals surface area contributed by atoms with E-state index in [1.165, 1.54) is 75.4 Å². The van der Waals surface area contributed by atoms with Gasteiger partial charge in [-0.3, -0.25) is 0 Å². The minimum absolute atomic E-state index is 0.883. The number of fused-ring (bicyclic) bond motifs is 13. The van der Waals surface area contributed by atoms with Crippen molar-refractivity contribution in [2.45, 2.75) is 0 Å². The topological polar surface area (TPSA) is 26.3 Å². The largest absolute Gasteiger partial charge is 0.456 e. The molecule has 0 fully saturated rings. The van der Waals surface area contributed by atoms with Gasteiger partial charge in [0.1, 0.15) is 22.7 Å². The van der Waals surface area contributed by atoms with Crippen LogP contribution in [0.3, 0.4) is 0 Å². The first kappa shape index (κ1) is 27.9. The van der Waals surface area contributed by atoms with Gasteiger partial charge in [0.15, 0.2) is 0 Å². The molecule has 0 unspecified atom stereocenters. The van der Waals surface area contributed by atoms with E-state index in [1.807, 2.05) is 0 Å². The van der Waals surface area contributed by atoms with Crippen LogP contribution >= 0.6 is 0 Å². The average Bonchev–Trinajstić information content (AvgIpc) is 3.84. The molecule has 0 aliphatic rings. The van der Waals surface area contributed by atoms with Crippen molar-refractivity contribution in [1.29, 1.82) is 0 Å². The molecule has 0 saturated carbocycles. The Morgan fingerprint density at radius 3 is 0.962 bits per heavy atom. The average molecular weight is 661 g/mol. The molecule has 2 nitrogen and oxygen atoms in total. The second kappa shape index (κ2) is 10.3. The van der Waals surface area contributed by atoms with Crippen LogP contribution in [0.2, 0.25) is 0 Å². The lowest BCUT2D eigenvalue weighted by molar-refractivity contribution is 0.631. The van der Waals surface area contributed by atoms with E-state index in [-0.39, 0.29) is 0 Å². The summed E-state index contributed by atoms with van der Waals surface area (Å²) in [5, 5.41) is 19.5. The van der Waals surface area contributed by atoms with E-state index in [1.54, 1.807) is 0 Å². The van der Waals surface area contributed by atoms with Crippen molar-refractivity contribution in [3.8, 4) is 22.6 Å². The zero-order valence-electron chi connectivity index (χ0n) is 28.0. The minimum Gasteiger partial charge on any atom is -0.456 e. The van der Waals surface area contributed by atoms with Crippen molar-refractivity contribution in [3.05, 3.63) is 170 Å². The van der Waals surface area contributed by atoms with Gasteiger partial charge in [0.25, 0.3) is 0 Å². The van der Waals surface area contributed by atoms with E-state index < -0.39 is 0 Å². The maximum Gasteiger partial charge on any atom is 0.135 e. The van der Waals surface area contributed by atoms with Crippen molar-refractivity contribution in [1.82, 2.24) is 0 Å². The number of hydrogen-bond acceptors (Lipinski definition) is 2. The summed E-state index contributed by atoms with van der Waals surface area (Å²) < 4.78 is 13.0. The van der Waals surface area contributed by atoms with Crippen molar-refractivity contribution in [2.75, 3.05) is 0 Å². The molecule has 2 heterocycles. The summed E-state index contributed by atoms with van der Waals surface area (Å²) in [6.45, 7) is 0. The highest BCUT2D eigenvalue weighted by molar-refractivity contribution is 6.25. The summed E-state index contributed by atoms with van der Waals surface area (Å²) in [7, 11) is 0. The summed E-state index contributed by atoms with van der Waals surface area (Å²) in [5.41, 5.74) is 3.96. The Kier molecular flexibility index (Phi) is 5.53. The Labute approximate surface area is 297 Å². The van der Waals surface area contributed by atoms with Crippen LogP contribution in [0.15, 0.2) is 179 Å². The van der Waals surface area contributed by atoms with E-state index in [2.05, 4.69) is 170 Å². The highest BCUT2D eigenvalue weighted by Gasteiger charge is 2.15. The molecule has 0 saturated heterocycles. The molecule has 52 heavy (non-hydrogen) atoms. The summed E-state index contributed by atoms with van der Waals surface area (Å²) in [6.07, 6.45) is 0. The van der Waals surface area contributed by atoms with Crippen LogP contribution in [0.5, 0.6) is 0 Å². The van der Waals surface area contributed by atoms with Crippen LogP contribution in [0.25, 0.3) is 120 Å². The van der Waals surface area contributed by atoms with Crippen LogP contribution in [-0.2, 0) is 0 Å². The van der Waals surface area contributed by atoms with Gasteiger partial charge in [-0.05, 0) is 136 Å². The predicted octanol–water partition coefficient (Wildman–Crippen LogP) is 14.6. The fourth-order valence-corrected chi connectivity index (χ4v) is 8.55. The van der Waals surface area contributed by atoms with E-state index in [0.29, 0.717) is 0 Å². The molecule has 240 valence electrons. The summed E-state index contributed by atoms with van der Waals surface area (Å²) in [6, 6.07) is 61.5. The van der Waals surface area contributed by atoms with Crippen molar-refractivity contribution in [2.24, 2.45) is 0 Å². The number of hydrogen-bond donors (Lipinski definition) is 0. The van der Waals surface area contributed by atoms with E-state index in [9.17, 15) is 0 Å². The van der Waals surface area contributed by atoms with Crippen molar-refractivity contribution >= 4 is 97.3 Å². The first-order chi connectivity index (χ1) is 25.7. The Bertz CT molecular complexity index is 3240. The molecule has 12 aromatic rings. The second-order valence-corrected chi connectivity index (χ2v) is 14.1. The molecule has 0 atom stereocenters. The molecule has 12 rings (SSSR count). The van der Waals surface area contributed by atoms with Crippen LogP contribution in [0, 0.1) is 0 Å². The molecular weight excluding hydrogens is 633 g/mol. The molecule has 0 N–H and O–H groups in total. The van der Waals surface area contributed by atoms with Crippen LogP contribution < -0.4 is 0 Å². The van der Waals surface area contributed by atoms with Gasteiger partial charge in [-0.1, -0.05) is 109 Å². The first-order valence-electron chi connectivity index (χ1n) is 17.8. The van der Waals surface area contributed by atoms with Gasteiger partial charge in [-0.15, -0.1) is 0 Å². The molecule has 0 bridgehead atoms. The Balaban J connectivity index is 0.964. The highest BCUT2D eigenvalue weighted by Crippen LogP contribution is 2.41. The number of furan rings is 2. The lowest BCUT2D eigenvalue weighted by atomic mass is 9.94. The van der Waals surface area contributed by atoms with Crippen molar-refractivity contribution in [3.63, 3.8) is 0 Å². The Hall–Kier alpha value is -6.90. The fraction of sp³-hybridized carbons (Fsp3) is 0. The molecule has 2 aromatic heterocycles. The zero-order chi connectivity index (χ0) is 33.9. The van der Waals surface area contributed by atoms with Gasteiger partial charge in [0.2, 0.25) is 0 Å². The monoisotopic (exact) mass is 660 g/mol.